The number of rotatable bonds is 2. The number of anilines is 1. The smallest absolute Gasteiger partial charge is 0.226 e. The Balaban J connectivity index is 0.00000112. The van der Waals surface area contributed by atoms with Gasteiger partial charge in [-0.3, -0.25) is 4.79 Å². The standard InChI is InChI=1S/C21H26N4O.2ClH/c26-20(17-15-21(17)7-9-22-10-8-21)25-13-11-24(12-14-25)19-6-5-16-3-1-2-4-18(16)23-19;;/h1-6,17,22H,7-15H2;2*1H. The topological polar surface area (TPSA) is 48.5 Å². The highest BCUT2D eigenvalue weighted by atomic mass is 35.5. The Morgan fingerprint density at radius 2 is 1.71 bits per heavy atom. The average molecular weight is 423 g/mol. The summed E-state index contributed by atoms with van der Waals surface area (Å²) >= 11 is 0. The molecule has 2 aromatic rings. The van der Waals surface area contributed by atoms with Gasteiger partial charge < -0.3 is 15.1 Å². The lowest BCUT2D eigenvalue weighted by Gasteiger charge is -2.36. The first kappa shape index (κ1) is 21.2. The fourth-order valence-electron chi connectivity index (χ4n) is 4.78. The lowest BCUT2D eigenvalue weighted by atomic mass is 9.91. The van der Waals surface area contributed by atoms with Crippen molar-refractivity contribution in [2.24, 2.45) is 11.3 Å². The third-order valence-corrected chi connectivity index (χ3v) is 6.59. The zero-order valence-corrected chi connectivity index (χ0v) is 17.6. The van der Waals surface area contributed by atoms with Crippen LogP contribution in [-0.4, -0.2) is 55.1 Å². The quantitative estimate of drug-likeness (QED) is 0.807. The van der Waals surface area contributed by atoms with E-state index in [4.69, 9.17) is 4.98 Å². The van der Waals surface area contributed by atoms with Crippen LogP contribution in [-0.2, 0) is 4.79 Å². The van der Waals surface area contributed by atoms with E-state index in [2.05, 4.69) is 39.4 Å². The molecule has 1 amide bonds. The van der Waals surface area contributed by atoms with Crippen LogP contribution >= 0.6 is 24.8 Å². The molecule has 2 saturated heterocycles. The van der Waals surface area contributed by atoms with E-state index in [0.29, 0.717) is 11.3 Å². The van der Waals surface area contributed by atoms with Crippen LogP contribution in [0.15, 0.2) is 36.4 Å². The number of nitrogens with one attached hydrogen (secondary N) is 1. The van der Waals surface area contributed by atoms with Crippen LogP contribution in [0.3, 0.4) is 0 Å². The lowest BCUT2D eigenvalue weighted by molar-refractivity contribution is -0.133. The van der Waals surface area contributed by atoms with Gasteiger partial charge in [0.25, 0.3) is 0 Å². The maximum Gasteiger partial charge on any atom is 0.226 e. The predicted molar refractivity (Wildman–Crippen MR) is 118 cm³/mol. The van der Waals surface area contributed by atoms with Crippen molar-refractivity contribution in [3.63, 3.8) is 0 Å². The minimum absolute atomic E-state index is 0. The number of halogens is 2. The molecule has 5 nitrogen and oxygen atoms in total. The minimum atomic E-state index is 0. The molecule has 1 aromatic heterocycles. The predicted octanol–water partition coefficient (Wildman–Crippen LogP) is 3.12. The van der Waals surface area contributed by atoms with Crippen LogP contribution in [0.5, 0.6) is 0 Å². The van der Waals surface area contributed by atoms with Gasteiger partial charge >= 0.3 is 0 Å². The number of piperidine rings is 1. The van der Waals surface area contributed by atoms with Gasteiger partial charge in [-0.2, -0.15) is 0 Å². The third kappa shape index (κ3) is 3.80. The molecule has 7 heteroatoms. The number of pyridine rings is 1. The molecule has 1 saturated carbocycles. The van der Waals surface area contributed by atoms with E-state index in [1.807, 2.05) is 12.1 Å². The highest BCUT2D eigenvalue weighted by molar-refractivity contribution is 5.86. The summed E-state index contributed by atoms with van der Waals surface area (Å²) < 4.78 is 0. The molecule has 3 heterocycles. The molecule has 1 N–H and O–H groups in total. The molecule has 1 unspecified atom stereocenters. The number of benzene rings is 1. The molecule has 5 rings (SSSR count). The number of hydrogen-bond acceptors (Lipinski definition) is 4. The number of amides is 1. The SMILES string of the molecule is Cl.Cl.O=C(C1CC12CCNCC2)N1CCN(c2ccc3ccccc3n2)CC1. The maximum absolute atomic E-state index is 12.9. The number of carbonyl (C=O) groups excluding carboxylic acids is 1. The second kappa shape index (κ2) is 8.44. The Morgan fingerprint density at radius 3 is 2.46 bits per heavy atom. The van der Waals surface area contributed by atoms with Crippen molar-refractivity contribution in [2.75, 3.05) is 44.2 Å². The summed E-state index contributed by atoms with van der Waals surface area (Å²) in [4.78, 5) is 22.1. The Hall–Kier alpha value is -1.56. The molecular weight excluding hydrogens is 395 g/mol. The van der Waals surface area contributed by atoms with Crippen molar-refractivity contribution in [1.29, 1.82) is 0 Å². The van der Waals surface area contributed by atoms with Gasteiger partial charge in [0.1, 0.15) is 5.82 Å². The number of carbonyl (C=O) groups is 1. The number of hydrogen-bond donors (Lipinski definition) is 1. The molecule has 2 aliphatic heterocycles. The number of nitrogens with zero attached hydrogens (tertiary/aromatic N) is 3. The summed E-state index contributed by atoms with van der Waals surface area (Å²) in [6.45, 7) is 5.53. The zero-order valence-electron chi connectivity index (χ0n) is 16.0. The van der Waals surface area contributed by atoms with Gasteiger partial charge in [0.2, 0.25) is 5.91 Å². The maximum atomic E-state index is 12.9. The van der Waals surface area contributed by atoms with Gasteiger partial charge in [-0.15, -0.1) is 24.8 Å². The van der Waals surface area contributed by atoms with Gasteiger partial charge in [0.05, 0.1) is 5.52 Å². The van der Waals surface area contributed by atoms with Crippen LogP contribution in [0.4, 0.5) is 5.82 Å². The minimum Gasteiger partial charge on any atom is -0.353 e. The molecule has 28 heavy (non-hydrogen) atoms. The summed E-state index contributed by atoms with van der Waals surface area (Å²) in [6.07, 6.45) is 3.45. The fourth-order valence-corrected chi connectivity index (χ4v) is 4.78. The first-order valence-corrected chi connectivity index (χ1v) is 9.85. The summed E-state index contributed by atoms with van der Waals surface area (Å²) in [6, 6.07) is 12.5. The van der Waals surface area contributed by atoms with Crippen LogP contribution in [0.25, 0.3) is 10.9 Å². The van der Waals surface area contributed by atoms with E-state index in [1.165, 1.54) is 18.2 Å². The van der Waals surface area contributed by atoms with Crippen molar-refractivity contribution in [1.82, 2.24) is 15.2 Å². The van der Waals surface area contributed by atoms with E-state index >= 15 is 0 Å². The molecule has 152 valence electrons. The number of para-hydroxylation sites is 1. The summed E-state index contributed by atoms with van der Waals surface area (Å²) in [5, 5.41) is 4.59. The van der Waals surface area contributed by atoms with Crippen LogP contribution in [0, 0.1) is 11.3 Å². The Morgan fingerprint density at radius 1 is 1.00 bits per heavy atom. The normalized spacial score (nSPS) is 23.1. The molecule has 0 radical (unpaired) electrons. The van der Waals surface area contributed by atoms with Gasteiger partial charge in [-0.05, 0) is 56.0 Å². The molecular formula is C21H28Cl2N4O. The molecule has 0 bridgehead atoms. The summed E-state index contributed by atoms with van der Waals surface area (Å²) in [5.74, 6) is 1.71. The average Bonchev–Trinajstić information content (AvgIpc) is 3.40. The van der Waals surface area contributed by atoms with E-state index in [1.54, 1.807) is 0 Å². The van der Waals surface area contributed by atoms with Crippen molar-refractivity contribution in [3.05, 3.63) is 36.4 Å². The first-order valence-electron chi connectivity index (χ1n) is 9.85. The van der Waals surface area contributed by atoms with Crippen molar-refractivity contribution in [2.45, 2.75) is 19.3 Å². The summed E-state index contributed by atoms with van der Waals surface area (Å²) in [7, 11) is 0. The number of aromatic nitrogens is 1. The molecule has 1 aliphatic carbocycles. The Bertz CT molecular complexity index is 832. The largest absolute Gasteiger partial charge is 0.353 e. The highest BCUT2D eigenvalue weighted by Gasteiger charge is 2.58. The third-order valence-electron chi connectivity index (χ3n) is 6.59. The van der Waals surface area contributed by atoms with Gasteiger partial charge in [0, 0.05) is 37.5 Å². The Labute approximate surface area is 178 Å². The molecule has 3 fully saturated rings. The number of fused-ring (bicyclic) bond motifs is 1. The number of piperazine rings is 1. The van der Waals surface area contributed by atoms with Gasteiger partial charge in [-0.25, -0.2) is 4.98 Å². The van der Waals surface area contributed by atoms with E-state index in [0.717, 1.165) is 57.0 Å². The molecule has 1 spiro atoms. The van der Waals surface area contributed by atoms with E-state index in [-0.39, 0.29) is 30.7 Å². The van der Waals surface area contributed by atoms with Gasteiger partial charge in [0.15, 0.2) is 0 Å². The monoisotopic (exact) mass is 422 g/mol. The van der Waals surface area contributed by atoms with Crippen LogP contribution in [0.2, 0.25) is 0 Å². The zero-order chi connectivity index (χ0) is 17.6. The van der Waals surface area contributed by atoms with Crippen molar-refractivity contribution >= 4 is 47.4 Å². The van der Waals surface area contributed by atoms with Crippen LogP contribution < -0.4 is 10.2 Å². The second-order valence-corrected chi connectivity index (χ2v) is 8.04. The molecule has 1 atom stereocenters. The van der Waals surface area contributed by atoms with Crippen LogP contribution in [0.1, 0.15) is 19.3 Å². The molecule has 1 aromatic carbocycles. The highest BCUT2D eigenvalue weighted by Crippen LogP contribution is 2.59. The van der Waals surface area contributed by atoms with Gasteiger partial charge in [-0.1, -0.05) is 18.2 Å². The lowest BCUT2D eigenvalue weighted by Crippen LogP contribution is -2.50. The first-order chi connectivity index (χ1) is 12.8. The van der Waals surface area contributed by atoms with E-state index in [9.17, 15) is 4.79 Å². The molecule has 3 aliphatic rings. The van der Waals surface area contributed by atoms with Crippen molar-refractivity contribution in [3.8, 4) is 0 Å². The summed E-state index contributed by atoms with van der Waals surface area (Å²) in [5.41, 5.74) is 1.37. The Kier molecular flexibility index (Phi) is 6.37. The van der Waals surface area contributed by atoms with Crippen molar-refractivity contribution < 1.29 is 4.79 Å². The fraction of sp³-hybridized carbons (Fsp3) is 0.524. The van der Waals surface area contributed by atoms with E-state index < -0.39 is 0 Å². The second-order valence-electron chi connectivity index (χ2n) is 8.04.